The number of rotatable bonds is 7. The van der Waals surface area contributed by atoms with Crippen molar-refractivity contribution >= 4 is 22.6 Å². The molecule has 0 heterocycles. The molecule has 0 fully saturated rings. The second-order valence-corrected chi connectivity index (χ2v) is 7.48. The number of fused-ring (bicyclic) bond motifs is 1. The largest absolute Gasteiger partial charge is 0.506 e. The van der Waals surface area contributed by atoms with Crippen LogP contribution >= 0.6 is 0 Å². The Morgan fingerprint density at radius 1 is 0.719 bits per heavy atom. The number of hydrogen-bond acceptors (Lipinski definition) is 4. The maximum Gasteiger partial charge on any atom is 0.342 e. The number of nitrogens with zero attached hydrogens (tertiary/aromatic N) is 1. The zero-order valence-corrected chi connectivity index (χ0v) is 17.5. The van der Waals surface area contributed by atoms with E-state index in [9.17, 15) is 14.7 Å². The Morgan fingerprint density at radius 3 is 1.91 bits per heavy atom. The van der Waals surface area contributed by atoms with E-state index < -0.39 is 12.6 Å². The highest BCUT2D eigenvalue weighted by Gasteiger charge is 2.20. The van der Waals surface area contributed by atoms with Crippen LogP contribution in [0.2, 0.25) is 0 Å². The van der Waals surface area contributed by atoms with Gasteiger partial charge in [-0.1, -0.05) is 91.0 Å². The zero-order valence-electron chi connectivity index (χ0n) is 17.5. The number of aromatic hydroxyl groups is 1. The van der Waals surface area contributed by atoms with E-state index >= 15 is 0 Å². The summed E-state index contributed by atoms with van der Waals surface area (Å²) in [5.41, 5.74) is 2.00. The molecule has 0 aliphatic rings. The molecule has 0 radical (unpaired) electrons. The summed E-state index contributed by atoms with van der Waals surface area (Å²) < 4.78 is 5.29. The van der Waals surface area contributed by atoms with Crippen molar-refractivity contribution in [2.45, 2.75) is 13.1 Å². The molecule has 0 aliphatic heterocycles. The van der Waals surface area contributed by atoms with Gasteiger partial charge in [0.25, 0.3) is 5.91 Å². The van der Waals surface area contributed by atoms with Gasteiger partial charge in [-0.05, 0) is 22.6 Å². The standard InChI is InChI=1S/C27H23NO4/c29-25(19-32-27(31)24-16-15-22-13-7-8-14-23(22)26(24)30)28(17-20-9-3-1-4-10-20)18-21-11-5-2-6-12-21/h1-16,30H,17-19H2. The summed E-state index contributed by atoms with van der Waals surface area (Å²) in [7, 11) is 0. The van der Waals surface area contributed by atoms with Crippen LogP contribution in [0.3, 0.4) is 0 Å². The number of carbonyl (C=O) groups is 2. The molecule has 32 heavy (non-hydrogen) atoms. The van der Waals surface area contributed by atoms with Crippen LogP contribution in [0.25, 0.3) is 10.8 Å². The van der Waals surface area contributed by atoms with Crippen LogP contribution in [0, 0.1) is 0 Å². The van der Waals surface area contributed by atoms with Gasteiger partial charge in [0.05, 0.1) is 0 Å². The molecule has 0 unspecified atom stereocenters. The maximum absolute atomic E-state index is 13.0. The molecule has 4 aromatic rings. The Balaban J connectivity index is 1.47. The van der Waals surface area contributed by atoms with Gasteiger partial charge in [0.15, 0.2) is 6.61 Å². The van der Waals surface area contributed by atoms with Crippen LogP contribution in [0.1, 0.15) is 21.5 Å². The molecule has 0 bridgehead atoms. The first-order chi connectivity index (χ1) is 15.6. The third-order valence-electron chi connectivity index (χ3n) is 5.23. The van der Waals surface area contributed by atoms with Crippen LogP contribution < -0.4 is 0 Å². The number of carbonyl (C=O) groups excluding carboxylic acids is 2. The van der Waals surface area contributed by atoms with Crippen molar-refractivity contribution < 1.29 is 19.4 Å². The number of esters is 1. The molecule has 4 aromatic carbocycles. The second-order valence-electron chi connectivity index (χ2n) is 7.48. The van der Waals surface area contributed by atoms with Gasteiger partial charge in [0.2, 0.25) is 0 Å². The number of phenols is 1. The number of benzene rings is 4. The smallest absolute Gasteiger partial charge is 0.342 e. The van der Waals surface area contributed by atoms with E-state index in [0.29, 0.717) is 18.5 Å². The second kappa shape index (κ2) is 9.79. The third kappa shape index (κ3) is 4.95. The maximum atomic E-state index is 13.0. The van der Waals surface area contributed by atoms with E-state index in [1.165, 1.54) is 6.07 Å². The molecule has 0 atom stereocenters. The molecule has 5 nitrogen and oxygen atoms in total. The lowest BCUT2D eigenvalue weighted by Gasteiger charge is -2.23. The molecule has 0 spiro atoms. The lowest BCUT2D eigenvalue weighted by molar-refractivity contribution is -0.135. The summed E-state index contributed by atoms with van der Waals surface area (Å²) in [5.74, 6) is -1.20. The number of phenolic OH excluding ortho intramolecular Hbond substituents is 1. The van der Waals surface area contributed by atoms with Crippen molar-refractivity contribution in [3.63, 3.8) is 0 Å². The van der Waals surface area contributed by atoms with Gasteiger partial charge in [-0.3, -0.25) is 4.79 Å². The third-order valence-corrected chi connectivity index (χ3v) is 5.23. The van der Waals surface area contributed by atoms with Crippen LogP contribution in [-0.4, -0.2) is 28.5 Å². The van der Waals surface area contributed by atoms with E-state index in [-0.39, 0.29) is 17.2 Å². The first kappa shape index (κ1) is 21.1. The van der Waals surface area contributed by atoms with Crippen molar-refractivity contribution in [2.24, 2.45) is 0 Å². The average molecular weight is 425 g/mol. The van der Waals surface area contributed by atoms with Gasteiger partial charge in [-0.2, -0.15) is 0 Å². The molecular formula is C27H23NO4. The monoisotopic (exact) mass is 425 g/mol. The quantitative estimate of drug-likeness (QED) is 0.426. The lowest BCUT2D eigenvalue weighted by Crippen LogP contribution is -2.34. The highest BCUT2D eigenvalue weighted by atomic mass is 16.5. The molecule has 0 aliphatic carbocycles. The Kier molecular flexibility index (Phi) is 6.46. The lowest BCUT2D eigenvalue weighted by atomic mass is 10.1. The van der Waals surface area contributed by atoms with Crippen LogP contribution in [0.4, 0.5) is 0 Å². The SMILES string of the molecule is O=C(OCC(=O)N(Cc1ccccc1)Cc1ccccc1)c1ccc2ccccc2c1O. The van der Waals surface area contributed by atoms with Crippen molar-refractivity contribution in [1.29, 1.82) is 0 Å². The molecule has 1 N–H and O–H groups in total. The summed E-state index contributed by atoms with van der Waals surface area (Å²) >= 11 is 0. The van der Waals surface area contributed by atoms with Crippen molar-refractivity contribution in [2.75, 3.05) is 6.61 Å². The predicted molar refractivity (Wildman–Crippen MR) is 123 cm³/mol. The number of amides is 1. The first-order valence-corrected chi connectivity index (χ1v) is 10.4. The predicted octanol–water partition coefficient (Wildman–Crippen LogP) is 4.93. The Hall–Kier alpha value is -4.12. The van der Waals surface area contributed by atoms with Crippen LogP contribution in [0.5, 0.6) is 5.75 Å². The fourth-order valence-corrected chi connectivity index (χ4v) is 3.56. The molecule has 0 aromatic heterocycles. The van der Waals surface area contributed by atoms with Crippen molar-refractivity contribution in [3.05, 3.63) is 114 Å². The molecular weight excluding hydrogens is 402 g/mol. The van der Waals surface area contributed by atoms with Crippen LogP contribution in [0.15, 0.2) is 97.1 Å². The van der Waals surface area contributed by atoms with Gasteiger partial charge >= 0.3 is 5.97 Å². The summed E-state index contributed by atoms with van der Waals surface area (Å²) in [6.07, 6.45) is 0. The molecule has 160 valence electrons. The van der Waals surface area contributed by atoms with Crippen LogP contribution in [-0.2, 0) is 22.6 Å². The Morgan fingerprint density at radius 2 is 1.28 bits per heavy atom. The van der Waals surface area contributed by atoms with Gasteiger partial charge in [0, 0.05) is 18.5 Å². The van der Waals surface area contributed by atoms with E-state index in [2.05, 4.69) is 0 Å². The number of ether oxygens (including phenoxy) is 1. The summed E-state index contributed by atoms with van der Waals surface area (Å²) in [6.45, 7) is 0.380. The molecule has 5 heteroatoms. The minimum absolute atomic E-state index is 0.0363. The van der Waals surface area contributed by atoms with E-state index in [1.54, 1.807) is 23.1 Å². The fourth-order valence-electron chi connectivity index (χ4n) is 3.56. The normalized spacial score (nSPS) is 10.6. The highest BCUT2D eigenvalue weighted by molar-refractivity contribution is 6.01. The highest BCUT2D eigenvalue weighted by Crippen LogP contribution is 2.29. The summed E-state index contributed by atoms with van der Waals surface area (Å²) in [6, 6.07) is 29.8. The van der Waals surface area contributed by atoms with E-state index in [4.69, 9.17) is 4.74 Å². The Bertz CT molecular complexity index is 1180. The van der Waals surface area contributed by atoms with Gasteiger partial charge < -0.3 is 14.7 Å². The molecule has 0 saturated carbocycles. The zero-order chi connectivity index (χ0) is 22.3. The topological polar surface area (TPSA) is 66.8 Å². The Labute approximate surface area is 186 Å². The molecule has 4 rings (SSSR count). The first-order valence-electron chi connectivity index (χ1n) is 10.4. The minimum atomic E-state index is -0.735. The summed E-state index contributed by atoms with van der Waals surface area (Å²) in [4.78, 5) is 27.2. The fraction of sp³-hybridized carbons (Fsp3) is 0.111. The average Bonchev–Trinajstić information content (AvgIpc) is 2.83. The summed E-state index contributed by atoms with van der Waals surface area (Å²) in [5, 5.41) is 11.9. The van der Waals surface area contributed by atoms with E-state index in [0.717, 1.165) is 16.5 Å². The van der Waals surface area contributed by atoms with Gasteiger partial charge in [-0.15, -0.1) is 0 Å². The van der Waals surface area contributed by atoms with E-state index in [1.807, 2.05) is 72.8 Å². The molecule has 0 saturated heterocycles. The minimum Gasteiger partial charge on any atom is -0.506 e. The number of hydrogen-bond donors (Lipinski definition) is 1. The van der Waals surface area contributed by atoms with Gasteiger partial charge in [0.1, 0.15) is 11.3 Å². The molecule has 1 amide bonds. The van der Waals surface area contributed by atoms with Gasteiger partial charge in [-0.25, -0.2) is 4.79 Å². The van der Waals surface area contributed by atoms with Crippen molar-refractivity contribution in [3.8, 4) is 5.75 Å². The van der Waals surface area contributed by atoms with Crippen molar-refractivity contribution in [1.82, 2.24) is 4.90 Å².